The van der Waals surface area contributed by atoms with Gasteiger partial charge in [-0.25, -0.2) is 8.42 Å². The Bertz CT molecular complexity index is 1040. The van der Waals surface area contributed by atoms with E-state index in [0.29, 0.717) is 30.8 Å². The smallest absolute Gasteiger partial charge is 0.261 e. The maximum atomic E-state index is 12.7. The van der Waals surface area contributed by atoms with Crippen LogP contribution >= 0.6 is 0 Å². The van der Waals surface area contributed by atoms with E-state index in [1.165, 1.54) is 19.2 Å². The predicted molar refractivity (Wildman–Crippen MR) is 115 cm³/mol. The molecule has 0 fully saturated rings. The van der Waals surface area contributed by atoms with E-state index in [9.17, 15) is 18.0 Å². The van der Waals surface area contributed by atoms with Gasteiger partial charge in [0.1, 0.15) is 6.61 Å². The second-order valence-corrected chi connectivity index (χ2v) is 8.68. The number of anilines is 3. The average molecular weight is 432 g/mol. The van der Waals surface area contributed by atoms with E-state index in [1.54, 1.807) is 35.2 Å². The van der Waals surface area contributed by atoms with Gasteiger partial charge in [0, 0.05) is 37.1 Å². The highest BCUT2D eigenvalue weighted by molar-refractivity contribution is 7.92. The maximum absolute atomic E-state index is 12.7. The quantitative estimate of drug-likeness (QED) is 0.669. The third-order valence-corrected chi connectivity index (χ3v) is 6.12. The van der Waals surface area contributed by atoms with Gasteiger partial charge in [0.25, 0.3) is 15.9 Å². The number of carbonyl (C=O) groups is 2. The van der Waals surface area contributed by atoms with Crippen LogP contribution in [-0.2, 0) is 30.8 Å². The van der Waals surface area contributed by atoms with Crippen LogP contribution in [-0.4, -0.2) is 40.5 Å². The molecular formula is C21H25N3O5S. The summed E-state index contributed by atoms with van der Waals surface area (Å²) in [4.78, 5) is 25.5. The lowest BCUT2D eigenvalue weighted by Crippen LogP contribution is -2.31. The number of ether oxygens (including phenoxy) is 1. The minimum atomic E-state index is -3.79. The van der Waals surface area contributed by atoms with Crippen LogP contribution in [0.3, 0.4) is 0 Å². The largest absolute Gasteiger partial charge is 0.375 e. The summed E-state index contributed by atoms with van der Waals surface area (Å²) in [6.07, 6.45) is 1.79. The monoisotopic (exact) mass is 431 g/mol. The average Bonchev–Trinajstić information content (AvgIpc) is 3.12. The molecule has 2 N–H and O–H groups in total. The number of fused-ring (bicyclic) bond motifs is 1. The Morgan fingerprint density at radius 3 is 2.47 bits per heavy atom. The Labute approximate surface area is 176 Å². The summed E-state index contributed by atoms with van der Waals surface area (Å²) in [6.45, 7) is 2.45. The fraction of sp³-hybridized carbons (Fsp3) is 0.333. The molecule has 2 aromatic carbocycles. The molecule has 8 nitrogen and oxygen atoms in total. The maximum Gasteiger partial charge on any atom is 0.261 e. The molecule has 0 atom stereocenters. The highest BCUT2D eigenvalue weighted by Crippen LogP contribution is 2.31. The summed E-state index contributed by atoms with van der Waals surface area (Å²) < 4.78 is 32.9. The van der Waals surface area contributed by atoms with Crippen molar-refractivity contribution in [3.63, 3.8) is 0 Å². The fourth-order valence-corrected chi connectivity index (χ4v) is 4.36. The first kappa shape index (κ1) is 21.8. The van der Waals surface area contributed by atoms with Crippen molar-refractivity contribution < 1.29 is 22.7 Å². The van der Waals surface area contributed by atoms with Gasteiger partial charge < -0.3 is 15.0 Å². The Kier molecular flexibility index (Phi) is 6.73. The normalized spacial score (nSPS) is 13.1. The first-order valence-corrected chi connectivity index (χ1v) is 11.2. The zero-order chi connectivity index (χ0) is 21.7. The number of hydrogen-bond donors (Lipinski definition) is 2. The van der Waals surface area contributed by atoms with Gasteiger partial charge in [-0.2, -0.15) is 0 Å². The Hall–Kier alpha value is -2.91. The number of nitrogens with one attached hydrogen (secondary N) is 2. The van der Waals surface area contributed by atoms with Gasteiger partial charge in [-0.3, -0.25) is 14.3 Å². The molecule has 1 aliphatic heterocycles. The van der Waals surface area contributed by atoms with Crippen LogP contribution in [0.1, 0.15) is 25.3 Å². The van der Waals surface area contributed by atoms with Crippen LogP contribution in [0, 0.1) is 0 Å². The van der Waals surface area contributed by atoms with E-state index in [1.807, 2.05) is 6.92 Å². The molecule has 2 aromatic rings. The second kappa shape index (κ2) is 9.27. The Morgan fingerprint density at radius 1 is 1.10 bits per heavy atom. The van der Waals surface area contributed by atoms with Crippen molar-refractivity contribution in [2.75, 3.05) is 35.2 Å². The highest BCUT2D eigenvalue weighted by atomic mass is 32.2. The molecule has 0 saturated carbocycles. The minimum Gasteiger partial charge on any atom is -0.375 e. The molecule has 160 valence electrons. The molecule has 0 aromatic heterocycles. The number of rotatable bonds is 8. The summed E-state index contributed by atoms with van der Waals surface area (Å²) in [5.74, 6) is -0.238. The molecule has 9 heteroatoms. The standard InChI is InChI=1S/C21H25N3O5S/c1-3-4-20(25)22-16-5-8-18(9-6-16)30(27,28)23-17-7-10-19-15(13-17)11-12-24(19)21(26)14-29-2/h5-10,13,23H,3-4,11-12,14H2,1-2H3,(H,22,25). The van der Waals surface area contributed by atoms with Crippen molar-refractivity contribution in [1.29, 1.82) is 0 Å². The lowest BCUT2D eigenvalue weighted by molar-refractivity contribution is -0.122. The van der Waals surface area contributed by atoms with Gasteiger partial charge in [-0.05, 0) is 60.9 Å². The van der Waals surface area contributed by atoms with E-state index >= 15 is 0 Å². The number of methoxy groups -OCH3 is 1. The Morgan fingerprint density at radius 2 is 1.80 bits per heavy atom. The zero-order valence-electron chi connectivity index (χ0n) is 17.0. The van der Waals surface area contributed by atoms with Crippen molar-refractivity contribution >= 4 is 38.9 Å². The molecule has 2 amide bonds. The van der Waals surface area contributed by atoms with E-state index in [2.05, 4.69) is 10.0 Å². The van der Waals surface area contributed by atoms with Crippen LogP contribution in [0.25, 0.3) is 0 Å². The minimum absolute atomic E-state index is 0.00269. The molecular weight excluding hydrogens is 406 g/mol. The first-order chi connectivity index (χ1) is 14.3. The van der Waals surface area contributed by atoms with Crippen LogP contribution in [0.5, 0.6) is 0 Å². The third-order valence-electron chi connectivity index (χ3n) is 4.72. The number of carbonyl (C=O) groups excluding carboxylic acids is 2. The van der Waals surface area contributed by atoms with Gasteiger partial charge in [0.2, 0.25) is 5.91 Å². The van der Waals surface area contributed by atoms with Gasteiger partial charge in [0.05, 0.1) is 4.90 Å². The molecule has 0 radical (unpaired) electrons. The summed E-state index contributed by atoms with van der Waals surface area (Å²) >= 11 is 0. The molecule has 0 saturated heterocycles. The van der Waals surface area contributed by atoms with Crippen molar-refractivity contribution in [2.24, 2.45) is 0 Å². The SMILES string of the molecule is CCCC(=O)Nc1ccc(S(=O)(=O)Nc2ccc3c(c2)CCN3C(=O)COC)cc1. The van der Waals surface area contributed by atoms with Crippen LogP contribution < -0.4 is 14.9 Å². The van der Waals surface area contributed by atoms with Crippen molar-refractivity contribution in [1.82, 2.24) is 0 Å². The molecule has 1 heterocycles. The third kappa shape index (κ3) is 4.98. The predicted octanol–water partition coefficient (Wildman–Crippen LogP) is 2.76. The van der Waals surface area contributed by atoms with E-state index in [-0.39, 0.29) is 23.3 Å². The molecule has 0 unspecified atom stereocenters. The summed E-state index contributed by atoms with van der Waals surface area (Å²) in [6, 6.07) is 11.1. The summed E-state index contributed by atoms with van der Waals surface area (Å²) in [5.41, 5.74) is 2.64. The number of hydrogen-bond acceptors (Lipinski definition) is 5. The molecule has 0 spiro atoms. The summed E-state index contributed by atoms with van der Waals surface area (Å²) in [7, 11) is -2.32. The molecule has 0 aliphatic carbocycles. The topological polar surface area (TPSA) is 105 Å². The van der Waals surface area contributed by atoms with Crippen molar-refractivity contribution in [2.45, 2.75) is 31.1 Å². The van der Waals surface area contributed by atoms with Crippen LogP contribution in [0.4, 0.5) is 17.1 Å². The van der Waals surface area contributed by atoms with E-state index < -0.39 is 10.0 Å². The number of nitrogens with zero attached hydrogens (tertiary/aromatic N) is 1. The van der Waals surface area contributed by atoms with Crippen LogP contribution in [0.2, 0.25) is 0 Å². The lowest BCUT2D eigenvalue weighted by Gasteiger charge is -2.17. The zero-order valence-corrected chi connectivity index (χ0v) is 17.8. The fourth-order valence-electron chi connectivity index (χ4n) is 3.31. The van der Waals surface area contributed by atoms with Crippen molar-refractivity contribution in [3.05, 3.63) is 48.0 Å². The van der Waals surface area contributed by atoms with Crippen molar-refractivity contribution in [3.8, 4) is 0 Å². The molecule has 1 aliphatic rings. The van der Waals surface area contributed by atoms with Gasteiger partial charge in [-0.1, -0.05) is 6.92 Å². The molecule has 3 rings (SSSR count). The van der Waals surface area contributed by atoms with E-state index in [4.69, 9.17) is 4.74 Å². The number of benzene rings is 2. The lowest BCUT2D eigenvalue weighted by atomic mass is 10.1. The second-order valence-electron chi connectivity index (χ2n) is 7.00. The first-order valence-electron chi connectivity index (χ1n) is 9.69. The molecule has 30 heavy (non-hydrogen) atoms. The highest BCUT2D eigenvalue weighted by Gasteiger charge is 2.25. The van der Waals surface area contributed by atoms with Crippen LogP contribution in [0.15, 0.2) is 47.4 Å². The van der Waals surface area contributed by atoms with Gasteiger partial charge >= 0.3 is 0 Å². The van der Waals surface area contributed by atoms with E-state index in [0.717, 1.165) is 17.7 Å². The summed E-state index contributed by atoms with van der Waals surface area (Å²) in [5, 5.41) is 2.73. The Balaban J connectivity index is 1.71. The van der Waals surface area contributed by atoms with Gasteiger partial charge in [-0.15, -0.1) is 0 Å². The number of amides is 2. The number of sulfonamides is 1. The van der Waals surface area contributed by atoms with Gasteiger partial charge in [0.15, 0.2) is 0 Å². The molecule has 0 bridgehead atoms.